The fourth-order valence-corrected chi connectivity index (χ4v) is 6.20. The van der Waals surface area contributed by atoms with Crippen LogP contribution in [-0.4, -0.2) is 59.4 Å². The summed E-state index contributed by atoms with van der Waals surface area (Å²) >= 11 is 0. The summed E-state index contributed by atoms with van der Waals surface area (Å²) in [4.78, 5) is 42.7. The number of hydrogen-bond acceptors (Lipinski definition) is 6. The van der Waals surface area contributed by atoms with E-state index in [0.717, 1.165) is 43.2 Å². The number of esters is 1. The summed E-state index contributed by atoms with van der Waals surface area (Å²) in [6, 6.07) is 18.8. The number of nitrogens with zero attached hydrogens (tertiary/aromatic N) is 1. The van der Waals surface area contributed by atoms with Crippen molar-refractivity contribution in [3.8, 4) is 0 Å². The lowest BCUT2D eigenvalue weighted by atomic mass is 9.88. The van der Waals surface area contributed by atoms with Gasteiger partial charge in [-0.3, -0.25) is 9.59 Å². The molecule has 1 N–H and O–H groups in total. The van der Waals surface area contributed by atoms with E-state index in [1.54, 1.807) is 14.0 Å². The van der Waals surface area contributed by atoms with E-state index in [9.17, 15) is 14.4 Å². The Morgan fingerprint density at radius 2 is 1.55 bits per heavy atom. The minimum atomic E-state index is -1.92. The van der Waals surface area contributed by atoms with Gasteiger partial charge in [-0.25, -0.2) is 4.79 Å². The van der Waals surface area contributed by atoms with Gasteiger partial charge in [0.25, 0.3) is 17.4 Å². The molecule has 3 fully saturated rings. The lowest BCUT2D eigenvalue weighted by molar-refractivity contribution is -0.192. The van der Waals surface area contributed by atoms with Crippen molar-refractivity contribution in [2.75, 3.05) is 7.05 Å². The van der Waals surface area contributed by atoms with Gasteiger partial charge in [-0.15, -0.1) is 0 Å². The fraction of sp³-hybridized carbons (Fsp3) is 0.531. The molecule has 1 saturated carbocycles. The van der Waals surface area contributed by atoms with Crippen LogP contribution in [0, 0.1) is 5.92 Å². The largest absolute Gasteiger partial charge is 0.449 e. The molecule has 2 aromatic carbocycles. The highest BCUT2D eigenvalue weighted by Gasteiger charge is 2.74. The second-order valence-corrected chi connectivity index (χ2v) is 11.8. The Bertz CT molecular complexity index is 1170. The number of ether oxygens (including phenoxy) is 3. The van der Waals surface area contributed by atoms with Crippen molar-refractivity contribution in [3.05, 3.63) is 71.8 Å². The molecule has 8 nitrogen and oxygen atoms in total. The van der Waals surface area contributed by atoms with Gasteiger partial charge < -0.3 is 24.4 Å². The summed E-state index contributed by atoms with van der Waals surface area (Å²) in [5.41, 5.74) is -1.10. The number of benzene rings is 2. The van der Waals surface area contributed by atoms with E-state index in [1.807, 2.05) is 74.5 Å². The summed E-state index contributed by atoms with van der Waals surface area (Å²) in [7, 11) is 1.63. The van der Waals surface area contributed by atoms with Gasteiger partial charge in [0.1, 0.15) is 11.8 Å². The molecular formula is C32H40N2O6. The Hall–Kier alpha value is -3.23. The van der Waals surface area contributed by atoms with Gasteiger partial charge in [0, 0.05) is 13.5 Å². The third-order valence-electron chi connectivity index (χ3n) is 8.59. The molecule has 0 radical (unpaired) electrons. The highest BCUT2D eigenvalue weighted by Crippen LogP contribution is 2.50. The molecule has 2 saturated heterocycles. The SMILES string of the molecule is CC(C)[C@H](OC(=O)[C@]12O[C@](C)(C[C@H]1OC1CCCCC1)N(C)C2=O)C(=O)NC(c1ccccc1)c1ccccc1. The third kappa shape index (κ3) is 5.15. The molecule has 2 aliphatic heterocycles. The van der Waals surface area contributed by atoms with Gasteiger partial charge in [0.05, 0.1) is 12.1 Å². The van der Waals surface area contributed by atoms with Crippen molar-refractivity contribution < 1.29 is 28.6 Å². The van der Waals surface area contributed by atoms with Crippen LogP contribution in [0.3, 0.4) is 0 Å². The number of rotatable bonds is 9. The molecule has 4 atom stereocenters. The molecular weight excluding hydrogens is 508 g/mol. The zero-order chi connectivity index (χ0) is 28.5. The van der Waals surface area contributed by atoms with E-state index in [2.05, 4.69) is 5.32 Å². The summed E-state index contributed by atoms with van der Waals surface area (Å²) in [6.45, 7) is 5.42. The normalized spacial score (nSPS) is 27.3. The second-order valence-electron chi connectivity index (χ2n) is 11.8. The molecule has 2 aromatic rings. The summed E-state index contributed by atoms with van der Waals surface area (Å²) in [6.07, 6.45) is 3.47. The molecule has 214 valence electrons. The van der Waals surface area contributed by atoms with Crippen LogP contribution in [0.25, 0.3) is 0 Å². The van der Waals surface area contributed by atoms with E-state index < -0.39 is 47.4 Å². The van der Waals surface area contributed by atoms with Crippen LogP contribution in [0.4, 0.5) is 0 Å². The highest BCUT2D eigenvalue weighted by molar-refractivity contribution is 6.10. The predicted octanol–water partition coefficient (Wildman–Crippen LogP) is 4.53. The maximum Gasteiger partial charge on any atom is 0.352 e. The Balaban J connectivity index is 1.39. The number of piperidine rings is 1. The molecule has 3 aliphatic rings. The van der Waals surface area contributed by atoms with Crippen LogP contribution in [-0.2, 0) is 28.6 Å². The molecule has 5 rings (SSSR count). The Morgan fingerprint density at radius 3 is 2.08 bits per heavy atom. The minimum absolute atomic E-state index is 0.0326. The molecule has 2 heterocycles. The maximum absolute atomic E-state index is 14.0. The number of carbonyl (C=O) groups excluding carboxylic acids is 3. The molecule has 0 aromatic heterocycles. The average Bonchev–Trinajstić information content (AvgIpc) is 3.38. The Kier molecular flexibility index (Phi) is 8.02. The van der Waals surface area contributed by atoms with Gasteiger partial charge in [-0.05, 0) is 36.8 Å². The number of likely N-dealkylation sites (tertiary alicyclic amines) is 1. The van der Waals surface area contributed by atoms with Crippen molar-refractivity contribution in [1.29, 1.82) is 0 Å². The standard InChI is InChI=1S/C32H40N2O6/c1-21(2)27(28(35)33-26(22-14-8-5-9-15-22)23-16-10-6-11-17-23)39-30(37)32-25(38-24-18-12-7-13-19-24)20-31(3,40-32)34(4)29(32)36/h5-6,8-11,14-17,21,24-27H,7,12-13,18-20H2,1-4H3,(H,33,35)/t25-,27+,31-,32+/m1/s1. The van der Waals surface area contributed by atoms with Crippen LogP contribution in [0.1, 0.15) is 76.5 Å². The first-order valence-corrected chi connectivity index (χ1v) is 14.4. The highest BCUT2D eigenvalue weighted by atomic mass is 16.6. The monoisotopic (exact) mass is 548 g/mol. The molecule has 40 heavy (non-hydrogen) atoms. The number of carbonyl (C=O) groups is 3. The first kappa shape index (κ1) is 28.3. The van der Waals surface area contributed by atoms with Crippen LogP contribution in [0.15, 0.2) is 60.7 Å². The van der Waals surface area contributed by atoms with Crippen molar-refractivity contribution >= 4 is 17.8 Å². The number of hydrogen-bond donors (Lipinski definition) is 1. The molecule has 1 aliphatic carbocycles. The molecule has 2 bridgehead atoms. The number of fused-ring (bicyclic) bond motifs is 2. The maximum atomic E-state index is 14.0. The van der Waals surface area contributed by atoms with Crippen LogP contribution < -0.4 is 5.32 Å². The quantitative estimate of drug-likeness (QED) is 0.366. The lowest BCUT2D eigenvalue weighted by Gasteiger charge is -2.37. The summed E-state index contributed by atoms with van der Waals surface area (Å²) in [5, 5.41) is 3.09. The first-order valence-electron chi connectivity index (χ1n) is 14.4. The van der Waals surface area contributed by atoms with Crippen LogP contribution in [0.2, 0.25) is 0 Å². The van der Waals surface area contributed by atoms with Crippen LogP contribution >= 0.6 is 0 Å². The topological polar surface area (TPSA) is 94.2 Å². The smallest absolute Gasteiger partial charge is 0.352 e. The van der Waals surface area contributed by atoms with Crippen molar-refractivity contribution in [2.24, 2.45) is 5.92 Å². The lowest BCUT2D eigenvalue weighted by Crippen LogP contribution is -2.61. The second kappa shape index (κ2) is 11.3. The van der Waals surface area contributed by atoms with Crippen molar-refractivity contribution in [3.63, 3.8) is 0 Å². The predicted molar refractivity (Wildman–Crippen MR) is 149 cm³/mol. The zero-order valence-electron chi connectivity index (χ0n) is 23.8. The fourth-order valence-electron chi connectivity index (χ4n) is 6.20. The molecule has 0 unspecified atom stereocenters. The molecule has 0 spiro atoms. The zero-order valence-corrected chi connectivity index (χ0v) is 23.8. The van der Waals surface area contributed by atoms with E-state index in [0.29, 0.717) is 6.42 Å². The van der Waals surface area contributed by atoms with Gasteiger partial charge in [-0.1, -0.05) is 93.8 Å². The van der Waals surface area contributed by atoms with Crippen LogP contribution in [0.5, 0.6) is 0 Å². The van der Waals surface area contributed by atoms with E-state index in [4.69, 9.17) is 14.2 Å². The Morgan fingerprint density at radius 1 is 0.975 bits per heavy atom. The first-order chi connectivity index (χ1) is 19.2. The van der Waals surface area contributed by atoms with Crippen molar-refractivity contribution in [2.45, 2.75) is 95.0 Å². The Labute approximate surface area is 236 Å². The van der Waals surface area contributed by atoms with E-state index in [1.165, 1.54) is 4.90 Å². The number of likely N-dealkylation sites (N-methyl/N-ethyl adjacent to an activating group) is 1. The number of amides is 2. The van der Waals surface area contributed by atoms with Crippen molar-refractivity contribution in [1.82, 2.24) is 10.2 Å². The molecule has 2 amide bonds. The van der Waals surface area contributed by atoms with Gasteiger partial charge in [0.2, 0.25) is 0 Å². The molecule has 8 heteroatoms. The third-order valence-corrected chi connectivity index (χ3v) is 8.59. The summed E-state index contributed by atoms with van der Waals surface area (Å²) in [5.74, 6) is -2.15. The van der Waals surface area contributed by atoms with E-state index >= 15 is 0 Å². The van der Waals surface area contributed by atoms with Gasteiger partial charge in [-0.2, -0.15) is 0 Å². The van der Waals surface area contributed by atoms with E-state index in [-0.39, 0.29) is 12.0 Å². The number of nitrogens with one attached hydrogen (secondary N) is 1. The average molecular weight is 549 g/mol. The summed E-state index contributed by atoms with van der Waals surface area (Å²) < 4.78 is 18.5. The van der Waals surface area contributed by atoms with Gasteiger partial charge in [0.15, 0.2) is 6.10 Å². The van der Waals surface area contributed by atoms with Gasteiger partial charge >= 0.3 is 5.97 Å². The minimum Gasteiger partial charge on any atom is -0.449 e.